The van der Waals surface area contributed by atoms with E-state index in [1.54, 1.807) is 0 Å². The first-order valence-electron chi connectivity index (χ1n) is 9.24. The lowest BCUT2D eigenvalue weighted by molar-refractivity contribution is -0.0573. The van der Waals surface area contributed by atoms with E-state index in [1.807, 2.05) is 30.3 Å². The molecule has 1 aromatic carbocycles. The summed E-state index contributed by atoms with van der Waals surface area (Å²) in [7, 11) is 0. The number of alkyl halides is 3. The minimum Gasteiger partial charge on any atom is -0.366 e. The zero-order chi connectivity index (χ0) is 17.9. The lowest BCUT2D eigenvalue weighted by Gasteiger charge is -2.40. The first-order chi connectivity index (χ1) is 11.5. The second-order valence-corrected chi connectivity index (χ2v) is 8.69. The van der Waals surface area contributed by atoms with Crippen molar-refractivity contribution in [3.63, 3.8) is 0 Å². The molecule has 0 aliphatic carbocycles. The van der Waals surface area contributed by atoms with E-state index in [4.69, 9.17) is 39.5 Å². The summed E-state index contributed by atoms with van der Waals surface area (Å²) in [6.45, 7) is 4.97. The monoisotopic (exact) mass is 392 g/mol. The fraction of sp³-hybridized carbons (Fsp3) is 0.700. The summed E-state index contributed by atoms with van der Waals surface area (Å²) in [6.07, 6.45) is 9.94. The molecule has 0 fully saturated rings. The minimum absolute atomic E-state index is 0.606. The van der Waals surface area contributed by atoms with Gasteiger partial charge in [-0.15, -0.1) is 0 Å². The van der Waals surface area contributed by atoms with Crippen LogP contribution in [0.25, 0.3) is 0 Å². The SMILES string of the molecule is CCCCCCCCC(OCCCC)(c1ccccc1)C(Cl)(Cl)Cl. The molecule has 24 heavy (non-hydrogen) atoms. The number of rotatable bonds is 12. The van der Waals surface area contributed by atoms with Gasteiger partial charge in [0.1, 0.15) is 5.60 Å². The van der Waals surface area contributed by atoms with Crippen molar-refractivity contribution in [2.45, 2.75) is 81.0 Å². The van der Waals surface area contributed by atoms with Gasteiger partial charge in [-0.25, -0.2) is 0 Å². The van der Waals surface area contributed by atoms with Crippen LogP contribution in [0.3, 0.4) is 0 Å². The average molecular weight is 394 g/mol. The summed E-state index contributed by atoms with van der Waals surface area (Å²) in [4.78, 5) is 0. The largest absolute Gasteiger partial charge is 0.366 e. The van der Waals surface area contributed by atoms with Crippen molar-refractivity contribution in [1.29, 1.82) is 0 Å². The fourth-order valence-electron chi connectivity index (χ4n) is 2.94. The van der Waals surface area contributed by atoms with Crippen LogP contribution in [0.1, 0.15) is 77.2 Å². The van der Waals surface area contributed by atoms with Crippen LogP contribution in [0.5, 0.6) is 0 Å². The molecule has 0 saturated carbocycles. The van der Waals surface area contributed by atoms with Gasteiger partial charge in [0.05, 0.1) is 0 Å². The van der Waals surface area contributed by atoms with Crippen LogP contribution in [0, 0.1) is 0 Å². The van der Waals surface area contributed by atoms with Crippen molar-refractivity contribution in [3.05, 3.63) is 35.9 Å². The lowest BCUT2D eigenvalue weighted by Crippen LogP contribution is -2.43. The molecule has 0 N–H and O–H groups in total. The second kappa shape index (κ2) is 11.6. The molecule has 1 atom stereocenters. The van der Waals surface area contributed by atoms with Gasteiger partial charge in [-0.1, -0.05) is 124 Å². The van der Waals surface area contributed by atoms with Gasteiger partial charge >= 0.3 is 0 Å². The van der Waals surface area contributed by atoms with E-state index < -0.39 is 9.39 Å². The second-order valence-electron chi connectivity index (χ2n) is 6.41. The molecule has 1 aromatic rings. The fourth-order valence-corrected chi connectivity index (χ4v) is 3.71. The van der Waals surface area contributed by atoms with Gasteiger partial charge < -0.3 is 4.74 Å². The molecule has 0 spiro atoms. The molecule has 0 heterocycles. The summed E-state index contributed by atoms with van der Waals surface area (Å²) >= 11 is 19.3. The van der Waals surface area contributed by atoms with Crippen molar-refractivity contribution in [2.75, 3.05) is 6.61 Å². The van der Waals surface area contributed by atoms with Gasteiger partial charge in [0.25, 0.3) is 0 Å². The summed E-state index contributed by atoms with van der Waals surface area (Å²) in [5, 5.41) is 0. The third-order valence-electron chi connectivity index (χ3n) is 4.43. The Morgan fingerprint density at radius 1 is 0.792 bits per heavy atom. The highest BCUT2D eigenvalue weighted by Crippen LogP contribution is 2.50. The van der Waals surface area contributed by atoms with Crippen molar-refractivity contribution < 1.29 is 4.74 Å². The van der Waals surface area contributed by atoms with Crippen LogP contribution in [0.4, 0.5) is 0 Å². The Hall–Kier alpha value is 0.0500. The molecule has 1 nitrogen and oxygen atoms in total. The first kappa shape index (κ1) is 22.1. The van der Waals surface area contributed by atoms with Crippen LogP contribution in [-0.4, -0.2) is 10.4 Å². The van der Waals surface area contributed by atoms with Crippen molar-refractivity contribution in [1.82, 2.24) is 0 Å². The third-order valence-corrected chi connectivity index (χ3v) is 5.34. The Kier molecular flexibility index (Phi) is 10.7. The molecule has 0 radical (unpaired) electrons. The molecule has 138 valence electrons. The smallest absolute Gasteiger partial charge is 0.223 e. The number of hydrogen-bond donors (Lipinski definition) is 0. The Balaban J connectivity index is 2.86. The summed E-state index contributed by atoms with van der Waals surface area (Å²) < 4.78 is 4.76. The third kappa shape index (κ3) is 6.75. The molecule has 0 aliphatic rings. The maximum Gasteiger partial charge on any atom is 0.223 e. The van der Waals surface area contributed by atoms with Crippen LogP contribution < -0.4 is 0 Å². The molecule has 1 rings (SSSR count). The number of halogens is 3. The first-order valence-corrected chi connectivity index (χ1v) is 10.4. The maximum absolute atomic E-state index is 6.44. The van der Waals surface area contributed by atoms with E-state index in [2.05, 4.69) is 13.8 Å². The number of hydrogen-bond acceptors (Lipinski definition) is 1. The lowest BCUT2D eigenvalue weighted by atomic mass is 9.88. The van der Waals surface area contributed by atoms with Gasteiger partial charge in [-0.2, -0.15) is 0 Å². The Labute approximate surface area is 163 Å². The molecule has 0 amide bonds. The van der Waals surface area contributed by atoms with E-state index in [0.29, 0.717) is 6.61 Å². The van der Waals surface area contributed by atoms with Gasteiger partial charge in [-0.05, 0) is 18.4 Å². The number of ether oxygens (including phenoxy) is 1. The molecule has 0 saturated heterocycles. The summed E-state index contributed by atoms with van der Waals surface area (Å²) in [5.74, 6) is 0. The zero-order valence-corrected chi connectivity index (χ0v) is 17.3. The molecule has 1 unspecified atom stereocenters. The molecule has 0 aliphatic heterocycles. The van der Waals surface area contributed by atoms with E-state index in [1.165, 1.54) is 25.7 Å². The maximum atomic E-state index is 6.44. The Morgan fingerprint density at radius 2 is 1.38 bits per heavy atom. The summed E-state index contributed by atoms with van der Waals surface area (Å²) in [6, 6.07) is 9.94. The van der Waals surface area contributed by atoms with E-state index in [-0.39, 0.29) is 0 Å². The van der Waals surface area contributed by atoms with E-state index in [9.17, 15) is 0 Å². The average Bonchev–Trinajstić information content (AvgIpc) is 2.56. The Morgan fingerprint density at radius 3 is 1.96 bits per heavy atom. The standard InChI is InChI=1S/C20H31Cl3O/c1-3-5-7-8-9-13-16-19(20(21,22)23,24-17-6-4-2)18-14-11-10-12-15-18/h10-12,14-15H,3-9,13,16-17H2,1-2H3. The van der Waals surface area contributed by atoms with Gasteiger partial charge in [0, 0.05) is 6.61 Å². The van der Waals surface area contributed by atoms with Crippen molar-refractivity contribution in [2.24, 2.45) is 0 Å². The van der Waals surface area contributed by atoms with E-state index >= 15 is 0 Å². The Bertz CT molecular complexity index is 430. The quantitative estimate of drug-likeness (QED) is 0.260. The number of benzene rings is 1. The topological polar surface area (TPSA) is 9.23 Å². The van der Waals surface area contributed by atoms with E-state index in [0.717, 1.165) is 37.7 Å². The predicted molar refractivity (Wildman–Crippen MR) is 107 cm³/mol. The highest BCUT2D eigenvalue weighted by atomic mass is 35.6. The van der Waals surface area contributed by atoms with Crippen LogP contribution >= 0.6 is 34.8 Å². The summed E-state index contributed by atoms with van der Waals surface area (Å²) in [5.41, 5.74) is 0.0773. The molecule has 0 bridgehead atoms. The van der Waals surface area contributed by atoms with Gasteiger partial charge in [0.2, 0.25) is 3.79 Å². The van der Waals surface area contributed by atoms with Crippen molar-refractivity contribution >= 4 is 34.8 Å². The van der Waals surface area contributed by atoms with Crippen LogP contribution in [0.2, 0.25) is 0 Å². The van der Waals surface area contributed by atoms with Crippen LogP contribution in [0.15, 0.2) is 30.3 Å². The zero-order valence-electron chi connectivity index (χ0n) is 15.0. The molecular weight excluding hydrogens is 363 g/mol. The van der Waals surface area contributed by atoms with Gasteiger partial charge in [0.15, 0.2) is 0 Å². The van der Waals surface area contributed by atoms with Crippen molar-refractivity contribution in [3.8, 4) is 0 Å². The number of unbranched alkanes of at least 4 members (excludes halogenated alkanes) is 6. The highest BCUT2D eigenvalue weighted by Gasteiger charge is 2.50. The molecule has 4 heteroatoms. The van der Waals surface area contributed by atoms with Gasteiger partial charge in [-0.3, -0.25) is 0 Å². The predicted octanol–water partition coefficient (Wildman–Crippen LogP) is 7.82. The molecule has 0 aromatic heterocycles. The minimum atomic E-state index is -1.49. The highest BCUT2D eigenvalue weighted by molar-refractivity contribution is 6.68. The normalized spacial score (nSPS) is 14.5. The molecular formula is C20H31Cl3O. The van der Waals surface area contributed by atoms with Crippen LogP contribution in [-0.2, 0) is 10.3 Å².